The quantitative estimate of drug-likeness (QED) is 0.366. The van der Waals surface area contributed by atoms with E-state index in [9.17, 15) is 0 Å². The van der Waals surface area contributed by atoms with Crippen LogP contribution in [-0.2, 0) is 0 Å². The van der Waals surface area contributed by atoms with Crippen LogP contribution in [0.1, 0.15) is 6.92 Å². The molecule has 0 bridgehead atoms. The molecule has 1 aliphatic heterocycles. The van der Waals surface area contributed by atoms with Crippen molar-refractivity contribution in [2.75, 3.05) is 11.5 Å². The monoisotopic (exact) mass is 132 g/mol. The zero-order chi connectivity index (χ0) is 5.11. The third kappa shape index (κ3) is 1.78. The van der Waals surface area contributed by atoms with Crippen LogP contribution < -0.4 is 0 Å². The molecule has 1 rings (SSSR count). The standard InChI is InChI=1S/C5H8S2/c1-5-2-3-6-7-4-5/h2H,3-4H2,1H3. The molecule has 2 heteroatoms. The molecule has 0 nitrogen and oxygen atoms in total. The van der Waals surface area contributed by atoms with Crippen LogP contribution in [0.4, 0.5) is 0 Å². The summed E-state index contributed by atoms with van der Waals surface area (Å²) in [5, 5.41) is 0. The molecule has 0 radical (unpaired) electrons. The smallest absolute Gasteiger partial charge is 0.0245 e. The Kier molecular flexibility index (Phi) is 2.13. The number of hydrogen-bond acceptors (Lipinski definition) is 2. The summed E-state index contributed by atoms with van der Waals surface area (Å²) in [5.74, 6) is 2.43. The molecule has 0 aromatic heterocycles. The Morgan fingerprint density at radius 2 is 2.43 bits per heavy atom. The summed E-state index contributed by atoms with van der Waals surface area (Å²) in [7, 11) is 3.89. The first-order valence-electron chi connectivity index (χ1n) is 2.29. The molecule has 0 spiro atoms. The minimum Gasteiger partial charge on any atom is -0.0896 e. The van der Waals surface area contributed by atoms with Crippen LogP contribution in [0.3, 0.4) is 0 Å². The zero-order valence-corrected chi connectivity index (χ0v) is 5.94. The topological polar surface area (TPSA) is 0 Å². The van der Waals surface area contributed by atoms with Gasteiger partial charge in [-0.05, 0) is 6.92 Å². The first-order valence-corrected chi connectivity index (χ1v) is 4.78. The first kappa shape index (κ1) is 5.57. The Morgan fingerprint density at radius 1 is 1.57 bits per heavy atom. The molecule has 0 saturated carbocycles. The molecule has 7 heavy (non-hydrogen) atoms. The van der Waals surface area contributed by atoms with E-state index >= 15 is 0 Å². The van der Waals surface area contributed by atoms with E-state index in [0.717, 1.165) is 0 Å². The SMILES string of the molecule is CC1=CCSSC1. The van der Waals surface area contributed by atoms with E-state index in [1.807, 2.05) is 21.6 Å². The number of rotatable bonds is 0. The molecular formula is C5H8S2. The molecule has 0 unspecified atom stereocenters. The van der Waals surface area contributed by atoms with Crippen molar-refractivity contribution in [1.29, 1.82) is 0 Å². The van der Waals surface area contributed by atoms with Crippen molar-refractivity contribution in [2.24, 2.45) is 0 Å². The van der Waals surface area contributed by atoms with Crippen molar-refractivity contribution in [3.63, 3.8) is 0 Å². The lowest BCUT2D eigenvalue weighted by Gasteiger charge is -2.04. The van der Waals surface area contributed by atoms with E-state index in [1.54, 1.807) is 0 Å². The van der Waals surface area contributed by atoms with Gasteiger partial charge in [0.1, 0.15) is 0 Å². The maximum Gasteiger partial charge on any atom is 0.0245 e. The van der Waals surface area contributed by atoms with Gasteiger partial charge in [0, 0.05) is 11.5 Å². The van der Waals surface area contributed by atoms with Crippen molar-refractivity contribution < 1.29 is 0 Å². The molecule has 0 saturated heterocycles. The van der Waals surface area contributed by atoms with E-state index in [1.165, 1.54) is 17.1 Å². The van der Waals surface area contributed by atoms with E-state index in [0.29, 0.717) is 0 Å². The third-order valence-electron chi connectivity index (χ3n) is 0.870. The highest BCUT2D eigenvalue weighted by Gasteiger charge is 1.96. The molecule has 0 N–H and O–H groups in total. The summed E-state index contributed by atoms with van der Waals surface area (Å²) in [6.45, 7) is 2.19. The van der Waals surface area contributed by atoms with Crippen molar-refractivity contribution >= 4 is 21.6 Å². The second-order valence-corrected chi connectivity index (χ2v) is 4.10. The summed E-state index contributed by atoms with van der Waals surface area (Å²) in [6, 6.07) is 0. The van der Waals surface area contributed by atoms with Crippen LogP contribution >= 0.6 is 21.6 Å². The Labute approximate surface area is 52.1 Å². The van der Waals surface area contributed by atoms with Gasteiger partial charge in [0.25, 0.3) is 0 Å². The van der Waals surface area contributed by atoms with Gasteiger partial charge in [-0.15, -0.1) is 0 Å². The van der Waals surface area contributed by atoms with Crippen molar-refractivity contribution in [2.45, 2.75) is 6.92 Å². The zero-order valence-electron chi connectivity index (χ0n) is 4.31. The molecule has 40 valence electrons. The van der Waals surface area contributed by atoms with Gasteiger partial charge in [0.15, 0.2) is 0 Å². The van der Waals surface area contributed by atoms with Crippen molar-refractivity contribution in [3.8, 4) is 0 Å². The summed E-state index contributed by atoms with van der Waals surface area (Å²) in [6.07, 6.45) is 2.29. The normalized spacial score (nSPS) is 21.6. The minimum absolute atomic E-state index is 1.20. The average Bonchev–Trinajstić information content (AvgIpc) is 1.69. The summed E-state index contributed by atoms with van der Waals surface area (Å²) >= 11 is 0. The molecule has 0 aromatic rings. The van der Waals surface area contributed by atoms with Gasteiger partial charge in [-0.1, -0.05) is 33.2 Å². The molecule has 0 aromatic carbocycles. The Bertz CT molecular complexity index is 86.1. The van der Waals surface area contributed by atoms with Gasteiger partial charge in [-0.25, -0.2) is 0 Å². The van der Waals surface area contributed by atoms with Crippen LogP contribution in [0.15, 0.2) is 11.6 Å². The highest BCUT2D eigenvalue weighted by Crippen LogP contribution is 2.27. The predicted octanol–water partition coefficient (Wildman–Crippen LogP) is 2.33. The van der Waals surface area contributed by atoms with E-state index in [4.69, 9.17) is 0 Å². The van der Waals surface area contributed by atoms with Crippen molar-refractivity contribution in [3.05, 3.63) is 11.6 Å². The first-order chi connectivity index (χ1) is 3.39. The van der Waals surface area contributed by atoms with E-state index in [-0.39, 0.29) is 0 Å². The Balaban J connectivity index is 2.40. The predicted molar refractivity (Wildman–Crippen MR) is 38.7 cm³/mol. The average molecular weight is 132 g/mol. The lowest BCUT2D eigenvalue weighted by molar-refractivity contribution is 1.38. The second-order valence-electron chi connectivity index (χ2n) is 1.60. The lowest BCUT2D eigenvalue weighted by atomic mass is 10.3. The molecule has 0 fully saturated rings. The lowest BCUT2D eigenvalue weighted by Crippen LogP contribution is -1.85. The largest absolute Gasteiger partial charge is 0.0896 e. The van der Waals surface area contributed by atoms with Gasteiger partial charge in [0.2, 0.25) is 0 Å². The highest BCUT2D eigenvalue weighted by atomic mass is 33.1. The Hall–Kier alpha value is 0.440. The van der Waals surface area contributed by atoms with Crippen LogP contribution in [0.2, 0.25) is 0 Å². The maximum atomic E-state index is 2.29. The number of hydrogen-bond donors (Lipinski definition) is 0. The summed E-state index contributed by atoms with van der Waals surface area (Å²) in [4.78, 5) is 0. The third-order valence-corrected chi connectivity index (χ3v) is 3.17. The maximum absolute atomic E-state index is 2.29. The molecule has 0 amide bonds. The molecule has 1 heterocycles. The van der Waals surface area contributed by atoms with Crippen LogP contribution in [-0.4, -0.2) is 11.5 Å². The Morgan fingerprint density at radius 3 is 2.71 bits per heavy atom. The van der Waals surface area contributed by atoms with Gasteiger partial charge < -0.3 is 0 Å². The molecular weight excluding hydrogens is 124 g/mol. The minimum atomic E-state index is 1.20. The van der Waals surface area contributed by atoms with Crippen LogP contribution in [0.5, 0.6) is 0 Å². The van der Waals surface area contributed by atoms with Gasteiger partial charge in [-0.3, -0.25) is 0 Å². The molecule has 0 aliphatic carbocycles. The van der Waals surface area contributed by atoms with Gasteiger partial charge >= 0.3 is 0 Å². The second kappa shape index (κ2) is 2.68. The fraction of sp³-hybridized carbons (Fsp3) is 0.600. The molecule has 0 atom stereocenters. The van der Waals surface area contributed by atoms with Gasteiger partial charge in [0.05, 0.1) is 0 Å². The fourth-order valence-corrected chi connectivity index (χ4v) is 2.55. The molecule has 1 aliphatic rings. The van der Waals surface area contributed by atoms with Crippen LogP contribution in [0.25, 0.3) is 0 Å². The summed E-state index contributed by atoms with van der Waals surface area (Å²) in [5.41, 5.74) is 1.53. The van der Waals surface area contributed by atoms with E-state index < -0.39 is 0 Å². The van der Waals surface area contributed by atoms with Crippen LogP contribution in [0, 0.1) is 0 Å². The summed E-state index contributed by atoms with van der Waals surface area (Å²) < 4.78 is 0. The van der Waals surface area contributed by atoms with Crippen molar-refractivity contribution in [1.82, 2.24) is 0 Å². The van der Waals surface area contributed by atoms with E-state index in [2.05, 4.69) is 13.0 Å². The highest BCUT2D eigenvalue weighted by molar-refractivity contribution is 8.76. The van der Waals surface area contributed by atoms with Gasteiger partial charge in [-0.2, -0.15) is 0 Å². The fourth-order valence-electron chi connectivity index (χ4n) is 0.418.